The maximum Gasteiger partial charge on any atom is 0.226 e. The highest BCUT2D eigenvalue weighted by atomic mass is 35.5. The number of benzene rings is 2. The van der Waals surface area contributed by atoms with Crippen LogP contribution in [0.2, 0.25) is 5.02 Å². The van der Waals surface area contributed by atoms with Crippen LogP contribution in [0, 0.1) is 0 Å². The Balaban J connectivity index is 1.82. The minimum Gasteiger partial charge on any atom is -0.497 e. The monoisotopic (exact) mass is 374 g/mol. The Labute approximate surface area is 158 Å². The fourth-order valence-electron chi connectivity index (χ4n) is 2.48. The van der Waals surface area contributed by atoms with Crippen LogP contribution in [0.25, 0.3) is 0 Å². The predicted octanol–water partition coefficient (Wildman–Crippen LogP) is 3.77. The Kier molecular flexibility index (Phi) is 7.48. The molecule has 26 heavy (non-hydrogen) atoms. The number of methoxy groups -OCH3 is 1. The third-order valence-electron chi connectivity index (χ3n) is 4.01. The van der Waals surface area contributed by atoms with Crippen molar-refractivity contribution >= 4 is 29.1 Å². The Morgan fingerprint density at radius 2 is 1.69 bits per heavy atom. The van der Waals surface area contributed by atoms with Gasteiger partial charge in [-0.3, -0.25) is 9.59 Å². The lowest BCUT2D eigenvalue weighted by Crippen LogP contribution is -2.33. The van der Waals surface area contributed by atoms with Gasteiger partial charge in [-0.05, 0) is 48.4 Å². The van der Waals surface area contributed by atoms with Gasteiger partial charge in [0.2, 0.25) is 11.8 Å². The fraction of sp³-hybridized carbons (Fsp3) is 0.300. The maximum atomic E-state index is 12.1. The lowest BCUT2D eigenvalue weighted by atomic mass is 10.1. The maximum absolute atomic E-state index is 12.1. The molecule has 0 aromatic heterocycles. The van der Waals surface area contributed by atoms with Gasteiger partial charge in [-0.15, -0.1) is 0 Å². The van der Waals surface area contributed by atoms with Crippen LogP contribution in [-0.2, 0) is 16.0 Å². The molecule has 5 nitrogen and oxygen atoms in total. The zero-order valence-electron chi connectivity index (χ0n) is 15.0. The van der Waals surface area contributed by atoms with Gasteiger partial charge in [-0.1, -0.05) is 23.7 Å². The van der Waals surface area contributed by atoms with Crippen molar-refractivity contribution in [2.24, 2.45) is 0 Å². The van der Waals surface area contributed by atoms with E-state index in [-0.39, 0.29) is 18.2 Å². The van der Waals surface area contributed by atoms with Crippen molar-refractivity contribution in [1.82, 2.24) is 4.90 Å². The summed E-state index contributed by atoms with van der Waals surface area (Å²) in [6.07, 6.45) is 0.965. The van der Waals surface area contributed by atoms with Gasteiger partial charge in [0.1, 0.15) is 5.75 Å². The van der Waals surface area contributed by atoms with Crippen molar-refractivity contribution < 1.29 is 14.3 Å². The zero-order chi connectivity index (χ0) is 18.9. The van der Waals surface area contributed by atoms with Crippen LogP contribution in [0.15, 0.2) is 48.5 Å². The molecule has 2 aromatic carbocycles. The van der Waals surface area contributed by atoms with Crippen LogP contribution in [0.1, 0.15) is 18.9 Å². The van der Waals surface area contributed by atoms with Crippen molar-refractivity contribution in [2.75, 3.05) is 25.5 Å². The summed E-state index contributed by atoms with van der Waals surface area (Å²) in [5.41, 5.74) is 1.80. The molecule has 0 saturated heterocycles. The first-order valence-corrected chi connectivity index (χ1v) is 8.79. The van der Waals surface area contributed by atoms with Gasteiger partial charge in [0.25, 0.3) is 0 Å². The first-order chi connectivity index (χ1) is 12.5. The number of hydrogen-bond donors (Lipinski definition) is 1. The Morgan fingerprint density at radius 3 is 2.27 bits per heavy atom. The lowest BCUT2D eigenvalue weighted by Gasteiger charge is -2.21. The number of carbonyl (C=O) groups excluding carboxylic acids is 2. The molecule has 0 aliphatic rings. The second-order valence-electron chi connectivity index (χ2n) is 5.91. The molecule has 2 amide bonds. The van der Waals surface area contributed by atoms with Crippen molar-refractivity contribution in [3.8, 4) is 5.75 Å². The van der Waals surface area contributed by atoms with E-state index in [0.29, 0.717) is 23.8 Å². The molecule has 0 aliphatic carbocycles. The van der Waals surface area contributed by atoms with Crippen LogP contribution >= 0.6 is 11.6 Å². The van der Waals surface area contributed by atoms with E-state index < -0.39 is 0 Å². The highest BCUT2D eigenvalue weighted by Gasteiger charge is 2.11. The minimum absolute atomic E-state index is 0.0437. The highest BCUT2D eigenvalue weighted by Crippen LogP contribution is 2.14. The van der Waals surface area contributed by atoms with Crippen molar-refractivity contribution in [1.29, 1.82) is 0 Å². The molecule has 0 aliphatic heterocycles. The summed E-state index contributed by atoms with van der Waals surface area (Å²) in [7, 11) is 1.63. The summed E-state index contributed by atoms with van der Waals surface area (Å²) in [6, 6.07) is 14.7. The normalized spacial score (nSPS) is 10.3. The number of nitrogens with one attached hydrogen (secondary N) is 1. The molecular weight excluding hydrogens is 352 g/mol. The number of amides is 2. The molecule has 0 atom stereocenters. The SMILES string of the molecule is COc1ccc(CCN(CCC(=O)Nc2ccc(Cl)cc2)C(C)=O)cc1. The summed E-state index contributed by atoms with van der Waals surface area (Å²) >= 11 is 5.82. The molecule has 2 rings (SSSR count). The molecule has 0 spiro atoms. The first kappa shape index (κ1) is 19.8. The number of ether oxygens (including phenoxy) is 1. The number of hydrogen-bond acceptors (Lipinski definition) is 3. The predicted molar refractivity (Wildman–Crippen MR) is 104 cm³/mol. The van der Waals surface area contributed by atoms with E-state index in [9.17, 15) is 9.59 Å². The second-order valence-corrected chi connectivity index (χ2v) is 6.35. The number of rotatable bonds is 8. The van der Waals surface area contributed by atoms with Crippen molar-refractivity contribution in [2.45, 2.75) is 19.8 Å². The van der Waals surface area contributed by atoms with Crippen LogP contribution < -0.4 is 10.1 Å². The van der Waals surface area contributed by atoms with E-state index in [4.69, 9.17) is 16.3 Å². The molecule has 6 heteroatoms. The average Bonchev–Trinajstić information content (AvgIpc) is 2.63. The van der Waals surface area contributed by atoms with Gasteiger partial charge in [0, 0.05) is 37.1 Å². The molecule has 0 unspecified atom stereocenters. The van der Waals surface area contributed by atoms with E-state index in [1.54, 1.807) is 36.3 Å². The summed E-state index contributed by atoms with van der Waals surface area (Å²) in [5, 5.41) is 3.42. The topological polar surface area (TPSA) is 58.6 Å². The second kappa shape index (κ2) is 9.82. The van der Waals surface area contributed by atoms with E-state index in [1.807, 2.05) is 24.3 Å². The molecule has 138 valence electrons. The summed E-state index contributed by atoms with van der Waals surface area (Å²) in [5.74, 6) is 0.622. The Bertz CT molecular complexity index is 730. The third kappa shape index (κ3) is 6.41. The Morgan fingerprint density at radius 1 is 1.04 bits per heavy atom. The van der Waals surface area contributed by atoms with Gasteiger partial charge >= 0.3 is 0 Å². The molecule has 0 bridgehead atoms. The van der Waals surface area contributed by atoms with Crippen LogP contribution in [-0.4, -0.2) is 36.9 Å². The molecule has 0 heterocycles. The first-order valence-electron chi connectivity index (χ1n) is 8.42. The number of nitrogens with zero attached hydrogens (tertiary/aromatic N) is 1. The average molecular weight is 375 g/mol. The summed E-state index contributed by atoms with van der Waals surface area (Å²) in [4.78, 5) is 25.6. The highest BCUT2D eigenvalue weighted by molar-refractivity contribution is 6.30. The van der Waals surface area contributed by atoms with E-state index in [2.05, 4.69) is 5.32 Å². The van der Waals surface area contributed by atoms with Crippen molar-refractivity contribution in [3.63, 3.8) is 0 Å². The van der Waals surface area contributed by atoms with Gasteiger partial charge in [-0.2, -0.15) is 0 Å². The molecule has 0 radical (unpaired) electrons. The standard InChI is InChI=1S/C20H23ClN2O3/c1-15(24)23(13-11-16-3-9-19(26-2)10-4-16)14-12-20(25)22-18-7-5-17(21)6-8-18/h3-10H,11-14H2,1-2H3,(H,22,25). The molecular formula is C20H23ClN2O3. The van der Waals surface area contributed by atoms with Gasteiger partial charge in [-0.25, -0.2) is 0 Å². The fourth-order valence-corrected chi connectivity index (χ4v) is 2.60. The third-order valence-corrected chi connectivity index (χ3v) is 4.26. The van der Waals surface area contributed by atoms with E-state index in [0.717, 1.165) is 17.7 Å². The molecule has 0 saturated carbocycles. The van der Waals surface area contributed by atoms with Crippen LogP contribution in [0.5, 0.6) is 5.75 Å². The van der Waals surface area contributed by atoms with E-state index >= 15 is 0 Å². The number of halogens is 1. The van der Waals surface area contributed by atoms with Gasteiger partial charge in [0.15, 0.2) is 0 Å². The molecule has 1 N–H and O–H groups in total. The zero-order valence-corrected chi connectivity index (χ0v) is 15.8. The van der Waals surface area contributed by atoms with Crippen LogP contribution in [0.3, 0.4) is 0 Å². The largest absolute Gasteiger partial charge is 0.497 e. The molecule has 0 fully saturated rings. The van der Waals surface area contributed by atoms with Crippen molar-refractivity contribution in [3.05, 3.63) is 59.1 Å². The number of anilines is 1. The van der Waals surface area contributed by atoms with Gasteiger partial charge in [0.05, 0.1) is 7.11 Å². The number of carbonyl (C=O) groups is 2. The minimum atomic E-state index is -0.136. The molecule has 2 aromatic rings. The summed E-state index contributed by atoms with van der Waals surface area (Å²) < 4.78 is 5.14. The summed E-state index contributed by atoms with van der Waals surface area (Å²) in [6.45, 7) is 2.46. The quantitative estimate of drug-likeness (QED) is 0.765. The Hall–Kier alpha value is -2.53. The van der Waals surface area contributed by atoms with Gasteiger partial charge < -0.3 is 15.0 Å². The van der Waals surface area contributed by atoms with Crippen LogP contribution in [0.4, 0.5) is 5.69 Å². The smallest absolute Gasteiger partial charge is 0.226 e. The van der Waals surface area contributed by atoms with E-state index in [1.165, 1.54) is 6.92 Å². The lowest BCUT2D eigenvalue weighted by molar-refractivity contribution is -0.129.